The molecule has 0 bridgehead atoms. The van der Waals surface area contributed by atoms with Crippen LogP contribution >= 0.6 is 0 Å². The minimum Gasteiger partial charge on any atom is -0.312 e. The summed E-state index contributed by atoms with van der Waals surface area (Å²) in [6, 6.07) is 10.3. The quantitative estimate of drug-likeness (QED) is 0.353. The number of hydrazine groups is 1. The van der Waals surface area contributed by atoms with Crippen LogP contribution in [0.3, 0.4) is 0 Å². The highest BCUT2D eigenvalue weighted by Crippen LogP contribution is 2.23. The zero-order valence-electron chi connectivity index (χ0n) is 10.3. The second-order valence-corrected chi connectivity index (χ2v) is 4.37. The van der Waals surface area contributed by atoms with E-state index in [4.69, 9.17) is 5.84 Å². The number of nitrogens with two attached hydrogens (primary N) is 1. The van der Waals surface area contributed by atoms with Gasteiger partial charge in [0.15, 0.2) is 0 Å². The van der Waals surface area contributed by atoms with Gasteiger partial charge in [-0.05, 0) is 25.8 Å². The van der Waals surface area contributed by atoms with E-state index in [1.165, 1.54) is 5.56 Å². The van der Waals surface area contributed by atoms with E-state index in [1.807, 2.05) is 18.2 Å². The molecule has 0 amide bonds. The van der Waals surface area contributed by atoms with E-state index >= 15 is 0 Å². The Bertz CT molecular complexity index is 341. The normalized spacial score (nSPS) is 12.6. The molecule has 0 aliphatic heterocycles. The molecule has 0 saturated heterocycles. The number of nitrogens with zero attached hydrogens (tertiary/aromatic N) is 1. The number of nitrogens with one attached hydrogen (secondary N) is 1. The van der Waals surface area contributed by atoms with Crippen molar-refractivity contribution in [1.82, 2.24) is 5.43 Å². The highest BCUT2D eigenvalue weighted by Gasteiger charge is 2.26. The zero-order valence-corrected chi connectivity index (χ0v) is 10.3. The third kappa shape index (κ3) is 2.83. The van der Waals surface area contributed by atoms with Crippen LogP contribution in [-0.4, -0.2) is 12.4 Å². The summed E-state index contributed by atoms with van der Waals surface area (Å²) in [6.45, 7) is 7.15. The molecule has 1 aromatic rings. The first-order valence-corrected chi connectivity index (χ1v) is 5.70. The van der Waals surface area contributed by atoms with Gasteiger partial charge in [-0.15, -0.1) is 0 Å². The van der Waals surface area contributed by atoms with Crippen molar-refractivity contribution in [1.29, 1.82) is 0 Å². The van der Waals surface area contributed by atoms with Crippen LogP contribution in [0.2, 0.25) is 0 Å². The molecule has 0 aliphatic carbocycles. The average molecular weight is 219 g/mol. The van der Waals surface area contributed by atoms with E-state index in [2.05, 4.69) is 43.3 Å². The highest BCUT2D eigenvalue weighted by molar-refractivity contribution is 5.91. The van der Waals surface area contributed by atoms with Crippen LogP contribution in [0.1, 0.15) is 32.8 Å². The Morgan fingerprint density at radius 2 is 1.94 bits per heavy atom. The molecule has 0 heterocycles. The first-order chi connectivity index (χ1) is 7.62. The molecule has 0 aliphatic rings. The summed E-state index contributed by atoms with van der Waals surface area (Å²) in [5.74, 6) is 6.39. The molecule has 0 aromatic heterocycles. The Morgan fingerprint density at radius 1 is 1.31 bits per heavy atom. The van der Waals surface area contributed by atoms with Gasteiger partial charge in [0.2, 0.25) is 0 Å². The maximum absolute atomic E-state index is 5.56. The number of hydrogen-bond donors (Lipinski definition) is 2. The summed E-state index contributed by atoms with van der Waals surface area (Å²) in [6.07, 6.45) is 1.02. The highest BCUT2D eigenvalue weighted by atomic mass is 15.3. The van der Waals surface area contributed by atoms with E-state index in [-0.39, 0.29) is 5.41 Å². The maximum atomic E-state index is 5.56. The molecule has 16 heavy (non-hydrogen) atoms. The summed E-state index contributed by atoms with van der Waals surface area (Å²) in [7, 11) is 0. The van der Waals surface area contributed by atoms with Gasteiger partial charge in [0.05, 0.1) is 0 Å². The first kappa shape index (κ1) is 12.7. The number of amidine groups is 1. The molecule has 88 valence electrons. The van der Waals surface area contributed by atoms with Crippen molar-refractivity contribution in [3.63, 3.8) is 0 Å². The summed E-state index contributed by atoms with van der Waals surface area (Å²) < 4.78 is 0. The molecule has 0 fully saturated rings. The molecule has 3 N–H and O–H groups in total. The van der Waals surface area contributed by atoms with Crippen molar-refractivity contribution < 1.29 is 0 Å². The van der Waals surface area contributed by atoms with E-state index in [0.717, 1.165) is 18.8 Å². The van der Waals surface area contributed by atoms with Crippen LogP contribution in [-0.2, 0) is 5.41 Å². The van der Waals surface area contributed by atoms with Crippen LogP contribution < -0.4 is 11.3 Å². The molecular formula is C13H21N3. The van der Waals surface area contributed by atoms with E-state index in [1.54, 1.807) is 0 Å². The molecule has 0 spiro atoms. The summed E-state index contributed by atoms with van der Waals surface area (Å²) >= 11 is 0. The van der Waals surface area contributed by atoms with Crippen LogP contribution in [0, 0.1) is 0 Å². The second-order valence-electron chi connectivity index (χ2n) is 4.37. The van der Waals surface area contributed by atoms with Crippen LogP contribution in [0.25, 0.3) is 0 Å². The zero-order chi connectivity index (χ0) is 12.0. The van der Waals surface area contributed by atoms with Crippen molar-refractivity contribution in [2.45, 2.75) is 32.6 Å². The van der Waals surface area contributed by atoms with Gasteiger partial charge < -0.3 is 5.43 Å². The molecule has 3 nitrogen and oxygen atoms in total. The first-order valence-electron chi connectivity index (χ1n) is 5.70. The molecule has 3 heteroatoms. The lowest BCUT2D eigenvalue weighted by Crippen LogP contribution is -2.44. The summed E-state index contributed by atoms with van der Waals surface area (Å²) in [4.78, 5) is 4.49. The smallest absolute Gasteiger partial charge is 0.120 e. The summed E-state index contributed by atoms with van der Waals surface area (Å²) in [5, 5.41) is 0. The Kier molecular flexibility index (Phi) is 4.50. The molecular weight excluding hydrogens is 198 g/mol. The maximum Gasteiger partial charge on any atom is 0.120 e. The molecule has 0 unspecified atom stereocenters. The van der Waals surface area contributed by atoms with E-state index in [9.17, 15) is 0 Å². The largest absolute Gasteiger partial charge is 0.312 e. The number of aliphatic imine (C=N–C) groups is 1. The summed E-state index contributed by atoms with van der Waals surface area (Å²) in [5.41, 5.74) is 3.76. The number of rotatable bonds is 4. The van der Waals surface area contributed by atoms with Crippen molar-refractivity contribution in [2.24, 2.45) is 10.8 Å². The predicted molar refractivity (Wildman–Crippen MR) is 69.4 cm³/mol. The molecule has 1 aromatic carbocycles. The Morgan fingerprint density at radius 3 is 2.44 bits per heavy atom. The lowest BCUT2D eigenvalue weighted by atomic mass is 9.83. The lowest BCUT2D eigenvalue weighted by Gasteiger charge is -2.27. The number of benzene rings is 1. The van der Waals surface area contributed by atoms with Gasteiger partial charge in [0.25, 0.3) is 0 Å². The van der Waals surface area contributed by atoms with Gasteiger partial charge in [-0.2, -0.15) is 0 Å². The SMILES string of the molecule is CCCN=C(NN)C(C)(C)c1ccccc1. The van der Waals surface area contributed by atoms with Crippen LogP contribution in [0.5, 0.6) is 0 Å². The van der Waals surface area contributed by atoms with Crippen LogP contribution in [0.15, 0.2) is 35.3 Å². The second kappa shape index (κ2) is 5.66. The van der Waals surface area contributed by atoms with Gasteiger partial charge in [-0.3, -0.25) is 4.99 Å². The predicted octanol–water partition coefficient (Wildman–Crippen LogP) is 2.24. The Labute approximate surface area is 97.7 Å². The Hall–Kier alpha value is -1.35. The van der Waals surface area contributed by atoms with Crippen molar-refractivity contribution in [3.05, 3.63) is 35.9 Å². The number of hydrogen-bond acceptors (Lipinski definition) is 2. The lowest BCUT2D eigenvalue weighted by molar-refractivity contribution is 0.673. The fourth-order valence-corrected chi connectivity index (χ4v) is 1.64. The fraction of sp³-hybridized carbons (Fsp3) is 0.462. The minimum absolute atomic E-state index is 0.175. The van der Waals surface area contributed by atoms with Gasteiger partial charge >= 0.3 is 0 Å². The van der Waals surface area contributed by atoms with Gasteiger partial charge in [-0.25, -0.2) is 5.84 Å². The monoisotopic (exact) mass is 219 g/mol. The molecule has 1 rings (SSSR count). The molecule has 0 saturated carbocycles. The minimum atomic E-state index is -0.175. The third-order valence-electron chi connectivity index (χ3n) is 2.72. The Balaban J connectivity index is 2.99. The van der Waals surface area contributed by atoms with E-state index in [0.29, 0.717) is 0 Å². The van der Waals surface area contributed by atoms with Gasteiger partial charge in [0, 0.05) is 12.0 Å². The van der Waals surface area contributed by atoms with Gasteiger partial charge in [-0.1, -0.05) is 37.3 Å². The third-order valence-corrected chi connectivity index (χ3v) is 2.72. The average Bonchev–Trinajstić information content (AvgIpc) is 2.31. The van der Waals surface area contributed by atoms with Crippen LogP contribution in [0.4, 0.5) is 0 Å². The molecule has 0 radical (unpaired) electrons. The van der Waals surface area contributed by atoms with Gasteiger partial charge in [0.1, 0.15) is 5.84 Å². The topological polar surface area (TPSA) is 50.4 Å². The van der Waals surface area contributed by atoms with Crippen molar-refractivity contribution >= 4 is 5.84 Å². The van der Waals surface area contributed by atoms with E-state index < -0.39 is 0 Å². The van der Waals surface area contributed by atoms with Crippen molar-refractivity contribution in [2.75, 3.05) is 6.54 Å². The van der Waals surface area contributed by atoms with Crippen molar-refractivity contribution in [3.8, 4) is 0 Å². The standard InChI is InChI=1S/C13H21N3/c1-4-10-15-12(16-14)13(2,3)11-8-6-5-7-9-11/h5-9H,4,10,14H2,1-3H3,(H,15,16). The molecule has 0 atom stereocenters. The fourth-order valence-electron chi connectivity index (χ4n) is 1.64.